The Balaban J connectivity index is 2.01. The van der Waals surface area contributed by atoms with Gasteiger partial charge in [-0.1, -0.05) is 11.6 Å². The summed E-state index contributed by atoms with van der Waals surface area (Å²) in [5, 5.41) is 19.1. The molecule has 8 nitrogen and oxygen atoms in total. The average Bonchev–Trinajstić information content (AvgIpc) is 2.46. The maximum absolute atomic E-state index is 12.2. The molecule has 122 valence electrons. The van der Waals surface area contributed by atoms with Gasteiger partial charge in [0.25, 0.3) is 0 Å². The summed E-state index contributed by atoms with van der Waals surface area (Å²) in [6.07, 6.45) is 0.631. The largest absolute Gasteiger partial charge is 0.465 e. The van der Waals surface area contributed by atoms with Crippen LogP contribution < -0.4 is 4.72 Å². The molecular weight excluding hydrogens is 334 g/mol. The van der Waals surface area contributed by atoms with Gasteiger partial charge in [-0.15, -0.1) is 0 Å². The quantitative estimate of drug-likeness (QED) is 0.681. The number of nitrogens with zero attached hydrogens (tertiary/aromatic N) is 2. The number of amides is 1. The molecule has 1 aliphatic heterocycles. The zero-order valence-electron chi connectivity index (χ0n) is 11.6. The van der Waals surface area contributed by atoms with E-state index in [4.69, 9.17) is 16.7 Å². The van der Waals surface area contributed by atoms with Crippen LogP contribution in [-0.2, 0) is 10.0 Å². The van der Waals surface area contributed by atoms with Crippen molar-refractivity contribution in [2.45, 2.75) is 23.3 Å². The molecule has 0 bridgehead atoms. The molecule has 1 aromatic heterocycles. The molecule has 0 unspecified atom stereocenters. The van der Waals surface area contributed by atoms with Crippen molar-refractivity contribution in [3.63, 3.8) is 0 Å². The molecule has 2 rings (SSSR count). The van der Waals surface area contributed by atoms with E-state index in [0.29, 0.717) is 0 Å². The van der Waals surface area contributed by atoms with Gasteiger partial charge in [0.1, 0.15) is 10.0 Å². The summed E-state index contributed by atoms with van der Waals surface area (Å²) in [5.41, 5.74) is -1.28. The lowest BCUT2D eigenvalue weighted by Crippen LogP contribution is -2.51. The topological polar surface area (TPSA) is 120 Å². The second-order valence-electron chi connectivity index (χ2n) is 5.11. The van der Waals surface area contributed by atoms with E-state index in [-0.39, 0.29) is 42.5 Å². The minimum absolute atomic E-state index is 0.150. The number of sulfonamides is 1. The number of pyridine rings is 1. The smallest absolute Gasteiger partial charge is 0.407 e. The summed E-state index contributed by atoms with van der Waals surface area (Å²) < 4.78 is 26.6. The Bertz CT molecular complexity index is 658. The molecule has 2 heterocycles. The van der Waals surface area contributed by atoms with E-state index in [1.54, 1.807) is 0 Å². The van der Waals surface area contributed by atoms with E-state index in [9.17, 15) is 18.3 Å². The van der Waals surface area contributed by atoms with E-state index in [2.05, 4.69) is 9.71 Å². The lowest BCUT2D eigenvalue weighted by atomic mass is 9.92. The number of carbonyl (C=O) groups is 1. The first-order chi connectivity index (χ1) is 10.2. The van der Waals surface area contributed by atoms with E-state index >= 15 is 0 Å². The molecule has 1 aromatic rings. The van der Waals surface area contributed by atoms with Crippen LogP contribution in [0.3, 0.4) is 0 Å². The number of carboxylic acid groups (broad SMARTS) is 1. The van der Waals surface area contributed by atoms with E-state index < -0.39 is 21.7 Å². The summed E-state index contributed by atoms with van der Waals surface area (Å²) in [4.78, 5) is 15.5. The molecule has 0 spiro atoms. The molecule has 1 fully saturated rings. The van der Waals surface area contributed by atoms with Gasteiger partial charge in [0.15, 0.2) is 0 Å². The van der Waals surface area contributed by atoms with Gasteiger partial charge < -0.3 is 15.1 Å². The Morgan fingerprint density at radius 2 is 2.09 bits per heavy atom. The van der Waals surface area contributed by atoms with Crippen LogP contribution >= 0.6 is 11.6 Å². The molecule has 1 saturated heterocycles. The molecule has 3 N–H and O–H groups in total. The molecule has 1 aliphatic rings. The van der Waals surface area contributed by atoms with Crippen LogP contribution in [0.4, 0.5) is 4.79 Å². The lowest BCUT2D eigenvalue weighted by molar-refractivity contribution is -0.0119. The van der Waals surface area contributed by atoms with Crippen molar-refractivity contribution >= 4 is 27.7 Å². The second kappa shape index (κ2) is 6.37. The van der Waals surface area contributed by atoms with Crippen molar-refractivity contribution in [1.29, 1.82) is 0 Å². The minimum atomic E-state index is -3.89. The Labute approximate surface area is 132 Å². The van der Waals surface area contributed by atoms with Gasteiger partial charge in [-0.05, 0) is 25.0 Å². The number of nitrogens with one attached hydrogen (secondary N) is 1. The second-order valence-corrected chi connectivity index (χ2v) is 7.20. The van der Waals surface area contributed by atoms with E-state index in [0.717, 1.165) is 0 Å². The molecule has 0 saturated carbocycles. The first-order valence-corrected chi connectivity index (χ1v) is 8.40. The Morgan fingerprint density at radius 1 is 1.45 bits per heavy atom. The molecule has 0 aliphatic carbocycles. The lowest BCUT2D eigenvalue weighted by Gasteiger charge is -2.36. The summed E-state index contributed by atoms with van der Waals surface area (Å²) in [7, 11) is -3.89. The molecule has 0 aromatic carbocycles. The van der Waals surface area contributed by atoms with E-state index in [1.807, 2.05) is 0 Å². The van der Waals surface area contributed by atoms with Crippen LogP contribution in [0, 0.1) is 0 Å². The standard InChI is InChI=1S/C12H16ClN3O5S/c13-10-9(2-1-5-14-10)22(20,21)15-8-12(19)3-6-16(7-4-12)11(17)18/h1-2,5,15,19H,3-4,6-8H2,(H,17,18). The van der Waals surface area contributed by atoms with Gasteiger partial charge >= 0.3 is 6.09 Å². The number of aliphatic hydroxyl groups is 1. The van der Waals surface area contributed by atoms with Crippen molar-refractivity contribution in [1.82, 2.24) is 14.6 Å². The van der Waals surface area contributed by atoms with Gasteiger partial charge in [0.2, 0.25) is 10.0 Å². The van der Waals surface area contributed by atoms with Gasteiger partial charge in [0, 0.05) is 25.8 Å². The zero-order valence-corrected chi connectivity index (χ0v) is 13.1. The van der Waals surface area contributed by atoms with Gasteiger partial charge in [0.05, 0.1) is 5.60 Å². The molecule has 10 heteroatoms. The van der Waals surface area contributed by atoms with Crippen molar-refractivity contribution in [3.05, 3.63) is 23.5 Å². The number of aromatic nitrogens is 1. The fourth-order valence-electron chi connectivity index (χ4n) is 2.17. The van der Waals surface area contributed by atoms with E-state index in [1.165, 1.54) is 23.2 Å². The van der Waals surface area contributed by atoms with Crippen LogP contribution in [0.25, 0.3) is 0 Å². The summed E-state index contributed by atoms with van der Waals surface area (Å²) in [6.45, 7) is 0.0937. The van der Waals surface area contributed by atoms with Crippen molar-refractivity contribution < 1.29 is 23.4 Å². The molecule has 0 radical (unpaired) electrons. The van der Waals surface area contributed by atoms with Crippen LogP contribution in [0.2, 0.25) is 5.15 Å². The van der Waals surface area contributed by atoms with Gasteiger partial charge in [-0.3, -0.25) is 0 Å². The Kier molecular flexibility index (Phi) is 4.90. The van der Waals surface area contributed by atoms with Gasteiger partial charge in [-0.2, -0.15) is 0 Å². The highest BCUT2D eigenvalue weighted by Crippen LogP contribution is 2.23. The normalized spacial score (nSPS) is 18.2. The molecule has 1 amide bonds. The zero-order chi connectivity index (χ0) is 16.4. The Morgan fingerprint density at radius 3 is 2.64 bits per heavy atom. The maximum atomic E-state index is 12.2. The highest BCUT2D eigenvalue weighted by molar-refractivity contribution is 7.89. The van der Waals surface area contributed by atoms with Crippen molar-refractivity contribution in [2.24, 2.45) is 0 Å². The van der Waals surface area contributed by atoms with Gasteiger partial charge in [-0.25, -0.2) is 22.9 Å². The minimum Gasteiger partial charge on any atom is -0.465 e. The number of piperidine rings is 1. The predicted molar refractivity (Wildman–Crippen MR) is 78.2 cm³/mol. The first kappa shape index (κ1) is 16.9. The third-order valence-electron chi connectivity index (χ3n) is 3.57. The number of hydrogen-bond donors (Lipinski definition) is 3. The fraction of sp³-hybridized carbons (Fsp3) is 0.500. The first-order valence-electron chi connectivity index (χ1n) is 6.54. The van der Waals surface area contributed by atoms with Crippen LogP contribution in [-0.4, -0.2) is 59.8 Å². The maximum Gasteiger partial charge on any atom is 0.407 e. The average molecular weight is 350 g/mol. The highest BCUT2D eigenvalue weighted by Gasteiger charge is 2.35. The fourth-order valence-corrected chi connectivity index (χ4v) is 3.74. The SMILES string of the molecule is O=C(O)N1CCC(O)(CNS(=O)(=O)c2cccnc2Cl)CC1. The number of rotatable bonds is 4. The van der Waals surface area contributed by atoms with Crippen molar-refractivity contribution in [2.75, 3.05) is 19.6 Å². The van der Waals surface area contributed by atoms with Crippen LogP contribution in [0.15, 0.2) is 23.2 Å². The van der Waals surface area contributed by atoms with Crippen LogP contribution in [0.1, 0.15) is 12.8 Å². The highest BCUT2D eigenvalue weighted by atomic mass is 35.5. The number of halogens is 1. The number of likely N-dealkylation sites (tertiary alicyclic amines) is 1. The molecule has 0 atom stereocenters. The number of hydrogen-bond acceptors (Lipinski definition) is 5. The van der Waals surface area contributed by atoms with Crippen molar-refractivity contribution in [3.8, 4) is 0 Å². The molecule has 22 heavy (non-hydrogen) atoms. The third-order valence-corrected chi connectivity index (χ3v) is 5.42. The third kappa shape index (κ3) is 3.86. The summed E-state index contributed by atoms with van der Waals surface area (Å²) >= 11 is 5.75. The summed E-state index contributed by atoms with van der Waals surface area (Å²) in [6, 6.07) is 2.76. The summed E-state index contributed by atoms with van der Waals surface area (Å²) in [5.74, 6) is 0. The Hall–Kier alpha value is -1.42. The monoisotopic (exact) mass is 349 g/mol. The van der Waals surface area contributed by atoms with Crippen LogP contribution in [0.5, 0.6) is 0 Å². The molecular formula is C12H16ClN3O5S. The predicted octanol–water partition coefficient (Wildman–Crippen LogP) is 0.518.